The number of benzene rings is 2. The number of amides is 2. The third-order valence-electron chi connectivity index (χ3n) is 4.23. The normalized spacial score (nSPS) is 10.3. The molecule has 0 fully saturated rings. The quantitative estimate of drug-likeness (QED) is 0.718. The zero-order chi connectivity index (χ0) is 19.6. The van der Waals surface area contributed by atoms with Gasteiger partial charge in [0, 0.05) is 25.0 Å². The summed E-state index contributed by atoms with van der Waals surface area (Å²) in [7, 11) is 1.62. The maximum atomic E-state index is 12.2. The molecule has 144 valence electrons. The molecule has 0 unspecified atom stereocenters. The fourth-order valence-electron chi connectivity index (χ4n) is 2.67. The molecule has 5 nitrogen and oxygen atoms in total. The molecule has 2 aromatic rings. The van der Waals surface area contributed by atoms with Gasteiger partial charge in [-0.15, -0.1) is 0 Å². The van der Waals surface area contributed by atoms with Crippen molar-refractivity contribution in [1.29, 1.82) is 0 Å². The third-order valence-corrected chi connectivity index (χ3v) is 4.49. The van der Waals surface area contributed by atoms with E-state index < -0.39 is 0 Å². The highest BCUT2D eigenvalue weighted by Crippen LogP contribution is 2.13. The van der Waals surface area contributed by atoms with E-state index in [0.29, 0.717) is 31.0 Å². The molecule has 0 spiro atoms. The fraction of sp³-hybridized carbons (Fsp3) is 0.333. The lowest BCUT2D eigenvalue weighted by Crippen LogP contribution is -2.41. The first kappa shape index (κ1) is 20.8. The first-order valence-corrected chi connectivity index (χ1v) is 9.25. The summed E-state index contributed by atoms with van der Waals surface area (Å²) in [6.07, 6.45) is 1.38. The van der Waals surface area contributed by atoms with Crippen molar-refractivity contribution in [3.63, 3.8) is 0 Å². The van der Waals surface area contributed by atoms with Gasteiger partial charge in [-0.05, 0) is 48.2 Å². The Labute approximate surface area is 165 Å². The van der Waals surface area contributed by atoms with Gasteiger partial charge in [-0.3, -0.25) is 9.59 Å². The molecule has 0 aliphatic carbocycles. The SMILES string of the molecule is COc1cccc(CCN(CC(=O)NCCc2ccc(Cl)cc2)C(C)=O)c1. The Kier molecular flexibility index (Phi) is 8.14. The molecule has 1 N–H and O–H groups in total. The summed E-state index contributed by atoms with van der Waals surface area (Å²) in [5.41, 5.74) is 2.16. The van der Waals surface area contributed by atoms with Gasteiger partial charge in [0.15, 0.2) is 0 Å². The number of carbonyl (C=O) groups excluding carboxylic acids is 2. The predicted octanol–water partition coefficient (Wildman–Crippen LogP) is 3.10. The zero-order valence-electron chi connectivity index (χ0n) is 15.7. The van der Waals surface area contributed by atoms with Crippen molar-refractivity contribution in [2.24, 2.45) is 0 Å². The summed E-state index contributed by atoms with van der Waals surface area (Å²) in [6.45, 7) is 2.53. The van der Waals surface area contributed by atoms with E-state index in [2.05, 4.69) is 5.32 Å². The molecule has 0 aromatic heterocycles. The van der Waals surface area contributed by atoms with E-state index in [1.807, 2.05) is 48.5 Å². The first-order valence-electron chi connectivity index (χ1n) is 8.87. The highest BCUT2D eigenvalue weighted by Gasteiger charge is 2.13. The minimum Gasteiger partial charge on any atom is -0.497 e. The van der Waals surface area contributed by atoms with Crippen molar-refractivity contribution in [3.05, 3.63) is 64.7 Å². The largest absolute Gasteiger partial charge is 0.497 e. The van der Waals surface area contributed by atoms with Gasteiger partial charge in [-0.2, -0.15) is 0 Å². The van der Waals surface area contributed by atoms with Crippen LogP contribution >= 0.6 is 11.6 Å². The Hall–Kier alpha value is -2.53. The summed E-state index contributed by atoms with van der Waals surface area (Å²) in [4.78, 5) is 25.6. The second kappa shape index (κ2) is 10.6. The van der Waals surface area contributed by atoms with Crippen LogP contribution < -0.4 is 10.1 Å². The van der Waals surface area contributed by atoms with Crippen molar-refractivity contribution in [1.82, 2.24) is 10.2 Å². The number of methoxy groups -OCH3 is 1. The van der Waals surface area contributed by atoms with Crippen molar-refractivity contribution < 1.29 is 14.3 Å². The molecular weight excluding hydrogens is 364 g/mol. The summed E-state index contributed by atoms with van der Waals surface area (Å²) < 4.78 is 5.21. The predicted molar refractivity (Wildman–Crippen MR) is 107 cm³/mol. The Morgan fingerprint density at radius 2 is 1.81 bits per heavy atom. The summed E-state index contributed by atoms with van der Waals surface area (Å²) in [5, 5.41) is 3.55. The Morgan fingerprint density at radius 1 is 1.07 bits per heavy atom. The molecule has 0 aliphatic rings. The number of hydrogen-bond acceptors (Lipinski definition) is 3. The highest BCUT2D eigenvalue weighted by molar-refractivity contribution is 6.30. The van der Waals surface area contributed by atoms with E-state index in [9.17, 15) is 9.59 Å². The van der Waals surface area contributed by atoms with E-state index >= 15 is 0 Å². The second-order valence-corrected chi connectivity index (χ2v) is 6.70. The fourth-order valence-corrected chi connectivity index (χ4v) is 2.79. The van der Waals surface area contributed by atoms with Crippen molar-refractivity contribution in [2.45, 2.75) is 19.8 Å². The van der Waals surface area contributed by atoms with Gasteiger partial charge in [0.1, 0.15) is 5.75 Å². The Balaban J connectivity index is 1.79. The van der Waals surface area contributed by atoms with Crippen LogP contribution in [0.5, 0.6) is 5.75 Å². The lowest BCUT2D eigenvalue weighted by atomic mass is 10.1. The van der Waals surface area contributed by atoms with Crippen LogP contribution in [0, 0.1) is 0 Å². The van der Waals surface area contributed by atoms with Crippen LogP contribution in [0.2, 0.25) is 5.02 Å². The van der Waals surface area contributed by atoms with Crippen LogP contribution in [0.3, 0.4) is 0 Å². The smallest absolute Gasteiger partial charge is 0.239 e. The standard InChI is InChI=1S/C21H25ClN2O3/c1-16(25)24(13-11-18-4-3-5-20(14-18)27-2)15-21(26)23-12-10-17-6-8-19(22)9-7-17/h3-9,14H,10-13,15H2,1-2H3,(H,23,26). The van der Waals surface area contributed by atoms with E-state index in [1.54, 1.807) is 12.0 Å². The number of hydrogen-bond donors (Lipinski definition) is 1. The third kappa shape index (κ3) is 7.31. The molecule has 2 aromatic carbocycles. The topological polar surface area (TPSA) is 58.6 Å². The highest BCUT2D eigenvalue weighted by atomic mass is 35.5. The average Bonchev–Trinajstić information content (AvgIpc) is 2.66. The number of nitrogens with one attached hydrogen (secondary N) is 1. The van der Waals surface area contributed by atoms with Gasteiger partial charge in [0.2, 0.25) is 11.8 Å². The van der Waals surface area contributed by atoms with Crippen LogP contribution in [0.4, 0.5) is 0 Å². The van der Waals surface area contributed by atoms with Gasteiger partial charge < -0.3 is 15.0 Å². The molecule has 0 heterocycles. The van der Waals surface area contributed by atoms with Crippen molar-refractivity contribution in [2.75, 3.05) is 26.7 Å². The van der Waals surface area contributed by atoms with Gasteiger partial charge in [-0.25, -0.2) is 0 Å². The van der Waals surface area contributed by atoms with Gasteiger partial charge >= 0.3 is 0 Å². The molecule has 6 heteroatoms. The zero-order valence-corrected chi connectivity index (χ0v) is 16.5. The van der Waals surface area contributed by atoms with Crippen LogP contribution in [0.15, 0.2) is 48.5 Å². The second-order valence-electron chi connectivity index (χ2n) is 6.27. The molecular formula is C21H25ClN2O3. The van der Waals surface area contributed by atoms with Crippen molar-refractivity contribution in [3.8, 4) is 5.75 Å². The monoisotopic (exact) mass is 388 g/mol. The van der Waals surface area contributed by atoms with E-state index in [1.165, 1.54) is 6.92 Å². The van der Waals surface area contributed by atoms with Gasteiger partial charge in [0.05, 0.1) is 13.7 Å². The molecule has 0 radical (unpaired) electrons. The van der Waals surface area contributed by atoms with Crippen LogP contribution in [0.25, 0.3) is 0 Å². The Bertz CT molecular complexity index is 762. The number of rotatable bonds is 9. The molecule has 0 saturated carbocycles. The number of halogens is 1. The van der Waals surface area contributed by atoms with Crippen LogP contribution in [-0.4, -0.2) is 43.5 Å². The number of nitrogens with zero attached hydrogens (tertiary/aromatic N) is 1. The first-order chi connectivity index (χ1) is 13.0. The lowest BCUT2D eigenvalue weighted by Gasteiger charge is -2.20. The minimum atomic E-state index is -0.162. The van der Waals surface area contributed by atoms with E-state index in [0.717, 1.165) is 16.9 Å². The molecule has 2 rings (SSSR count). The molecule has 0 bridgehead atoms. The molecule has 2 amide bonds. The molecule has 0 atom stereocenters. The molecule has 27 heavy (non-hydrogen) atoms. The van der Waals surface area contributed by atoms with Crippen molar-refractivity contribution >= 4 is 23.4 Å². The van der Waals surface area contributed by atoms with E-state index in [-0.39, 0.29) is 18.4 Å². The number of carbonyl (C=O) groups is 2. The van der Waals surface area contributed by atoms with E-state index in [4.69, 9.17) is 16.3 Å². The lowest BCUT2D eigenvalue weighted by molar-refractivity contribution is -0.134. The summed E-state index contributed by atoms with van der Waals surface area (Å²) >= 11 is 5.86. The minimum absolute atomic E-state index is 0.0555. The summed E-state index contributed by atoms with van der Waals surface area (Å²) in [6, 6.07) is 15.2. The maximum Gasteiger partial charge on any atom is 0.239 e. The maximum absolute atomic E-state index is 12.2. The van der Waals surface area contributed by atoms with Crippen LogP contribution in [0.1, 0.15) is 18.1 Å². The molecule has 0 saturated heterocycles. The molecule has 0 aliphatic heterocycles. The average molecular weight is 389 g/mol. The van der Waals surface area contributed by atoms with Crippen LogP contribution in [-0.2, 0) is 22.4 Å². The summed E-state index contributed by atoms with van der Waals surface area (Å²) in [5.74, 6) is 0.498. The number of ether oxygens (including phenoxy) is 1. The van der Waals surface area contributed by atoms with Gasteiger partial charge in [-0.1, -0.05) is 35.9 Å². The Morgan fingerprint density at radius 3 is 2.48 bits per heavy atom. The van der Waals surface area contributed by atoms with Gasteiger partial charge in [0.25, 0.3) is 0 Å².